The Labute approximate surface area is 343 Å². The Balaban J connectivity index is 1.21. The van der Waals surface area contributed by atoms with Crippen molar-refractivity contribution in [3.8, 4) is 5.69 Å². The molecule has 0 amide bonds. The van der Waals surface area contributed by atoms with Crippen molar-refractivity contribution < 1.29 is 0 Å². The molecule has 4 heteroatoms. The van der Waals surface area contributed by atoms with Crippen LogP contribution in [0.15, 0.2) is 115 Å². The number of rotatable bonds is 1. The second-order valence-corrected chi connectivity index (χ2v) is 20.7. The van der Waals surface area contributed by atoms with Crippen molar-refractivity contribution in [3.63, 3.8) is 0 Å². The molecule has 0 radical (unpaired) electrons. The van der Waals surface area contributed by atoms with Crippen molar-refractivity contribution in [3.05, 3.63) is 143 Å². The Bertz CT molecular complexity index is 3000. The number of para-hydroxylation sites is 3. The first kappa shape index (κ1) is 33.7. The van der Waals surface area contributed by atoms with Crippen molar-refractivity contribution >= 4 is 67.7 Å². The Kier molecular flexibility index (Phi) is 6.11. The highest BCUT2D eigenvalue weighted by Gasteiger charge is 2.63. The molecule has 13 rings (SSSR count). The summed E-state index contributed by atoms with van der Waals surface area (Å²) >= 11 is 0. The first-order valence-corrected chi connectivity index (χ1v) is 22.1. The van der Waals surface area contributed by atoms with Gasteiger partial charge >= 0.3 is 0 Å². The zero-order valence-electron chi connectivity index (χ0n) is 35.1. The number of fused-ring (bicyclic) bond motifs is 15. The van der Waals surface area contributed by atoms with E-state index in [1.165, 1.54) is 115 Å². The lowest BCUT2D eigenvalue weighted by atomic mass is 9.33. The third-order valence-corrected chi connectivity index (χ3v) is 17.3. The minimum Gasteiger partial charge on any atom is -0.335 e. The summed E-state index contributed by atoms with van der Waals surface area (Å²) in [6.45, 7) is 17.8. The van der Waals surface area contributed by atoms with E-state index in [-0.39, 0.29) is 34.0 Å². The summed E-state index contributed by atoms with van der Waals surface area (Å²) < 4.78 is 2.68. The topological polar surface area (TPSA) is 11.4 Å². The normalized spacial score (nSPS) is 27.0. The summed E-state index contributed by atoms with van der Waals surface area (Å²) in [5, 5.41) is 2.70. The molecule has 0 N–H and O–H groups in total. The van der Waals surface area contributed by atoms with E-state index in [0.717, 1.165) is 12.8 Å². The van der Waals surface area contributed by atoms with E-state index in [4.69, 9.17) is 0 Å². The molecule has 3 nitrogen and oxygen atoms in total. The summed E-state index contributed by atoms with van der Waals surface area (Å²) in [6.07, 6.45) is 7.19. The van der Waals surface area contributed by atoms with Crippen LogP contribution in [0.3, 0.4) is 0 Å². The van der Waals surface area contributed by atoms with Gasteiger partial charge in [-0.3, -0.25) is 0 Å². The first-order valence-electron chi connectivity index (χ1n) is 22.1. The van der Waals surface area contributed by atoms with Crippen LogP contribution in [0.4, 0.5) is 22.7 Å². The van der Waals surface area contributed by atoms with Gasteiger partial charge in [-0.05, 0) is 113 Å². The lowest BCUT2D eigenvalue weighted by molar-refractivity contribution is 0.195. The number of aryl methyl sites for hydroxylation is 1. The van der Waals surface area contributed by atoms with Gasteiger partial charge in [0.05, 0.1) is 16.6 Å². The van der Waals surface area contributed by atoms with Gasteiger partial charge in [-0.25, -0.2) is 0 Å². The van der Waals surface area contributed by atoms with Gasteiger partial charge in [0.25, 0.3) is 6.71 Å². The molecule has 6 aliphatic rings. The van der Waals surface area contributed by atoms with Gasteiger partial charge in [-0.2, -0.15) is 0 Å². The molecule has 0 spiro atoms. The van der Waals surface area contributed by atoms with Crippen LogP contribution in [0.25, 0.3) is 27.5 Å². The number of anilines is 4. The van der Waals surface area contributed by atoms with E-state index >= 15 is 0 Å². The van der Waals surface area contributed by atoms with Gasteiger partial charge < -0.3 is 14.4 Å². The third kappa shape index (κ3) is 3.61. The van der Waals surface area contributed by atoms with Crippen molar-refractivity contribution in [1.29, 1.82) is 0 Å². The summed E-state index contributed by atoms with van der Waals surface area (Å²) in [4.78, 5) is 5.73. The molecule has 58 heavy (non-hydrogen) atoms. The largest absolute Gasteiger partial charge is 0.335 e. The van der Waals surface area contributed by atoms with Crippen LogP contribution in [0, 0.1) is 0 Å². The predicted molar refractivity (Wildman–Crippen MR) is 245 cm³/mol. The maximum atomic E-state index is 2.93. The highest BCUT2D eigenvalue weighted by Crippen LogP contribution is 2.66. The molecule has 1 fully saturated rings. The van der Waals surface area contributed by atoms with Crippen LogP contribution in [0.1, 0.15) is 108 Å². The lowest BCUT2D eigenvalue weighted by Gasteiger charge is -2.53. The fourth-order valence-electron chi connectivity index (χ4n) is 14.0. The SMILES string of the molecule is CC(C)(C)c1cc2c3c(c1)C1(C)CCCCC1(C)N3c1cc(N3c4ccccc4C4(C)CCc5ccccc5C34C)cc3c1B2c1cccc2c4ccccc4n-3c12. The van der Waals surface area contributed by atoms with E-state index in [9.17, 15) is 0 Å². The van der Waals surface area contributed by atoms with Crippen molar-refractivity contribution in [2.45, 2.75) is 114 Å². The van der Waals surface area contributed by atoms with Gasteiger partial charge in [0, 0.05) is 55.6 Å². The number of hydrogen-bond donors (Lipinski definition) is 0. The smallest absolute Gasteiger partial charge is 0.252 e. The zero-order chi connectivity index (χ0) is 39.3. The van der Waals surface area contributed by atoms with E-state index in [0.29, 0.717) is 0 Å². The summed E-state index contributed by atoms with van der Waals surface area (Å²) in [5.41, 5.74) is 21.2. The molecule has 4 unspecified atom stereocenters. The maximum Gasteiger partial charge on any atom is 0.252 e. The quantitative estimate of drug-likeness (QED) is 0.155. The first-order chi connectivity index (χ1) is 27.9. The van der Waals surface area contributed by atoms with Crippen LogP contribution in [-0.2, 0) is 28.2 Å². The third-order valence-electron chi connectivity index (χ3n) is 17.3. The molecule has 7 aromatic rings. The van der Waals surface area contributed by atoms with Crippen molar-refractivity contribution in [2.75, 3.05) is 9.80 Å². The van der Waals surface area contributed by atoms with Crippen LogP contribution in [0.5, 0.6) is 0 Å². The molecule has 1 aromatic heterocycles. The van der Waals surface area contributed by atoms with Crippen molar-refractivity contribution in [1.82, 2.24) is 4.57 Å². The predicted octanol–water partition coefficient (Wildman–Crippen LogP) is 11.2. The molecule has 286 valence electrons. The molecular weight excluding hydrogens is 701 g/mol. The molecular formula is C54H52BN3. The number of benzene rings is 6. The standard InChI is InChI=1S/C54H52BN3/c1-50(2,3)34-29-40-49-42(30-34)55-41-22-16-19-37-36-18-9-12-23-43(36)56(48(37)41)45-31-35(32-46(47(45)55)58(49)53(6)27-15-14-26-51(40,53)4)57-44-24-13-11-21-39(44)52(5)28-25-33-17-8-10-20-38(33)54(52,57)7/h8-13,16-24,29-32H,14-15,25-28H2,1-7H3. The fraction of sp³-hybridized carbons (Fsp3) is 0.333. The lowest BCUT2D eigenvalue weighted by Crippen LogP contribution is -2.64. The second kappa shape index (κ2) is 10.5. The van der Waals surface area contributed by atoms with Crippen LogP contribution in [-0.4, -0.2) is 16.8 Å². The van der Waals surface area contributed by atoms with Crippen LogP contribution >= 0.6 is 0 Å². The fourth-order valence-corrected chi connectivity index (χ4v) is 14.0. The molecule has 5 heterocycles. The minimum atomic E-state index is -0.278. The zero-order valence-corrected chi connectivity index (χ0v) is 35.1. The molecule has 4 atom stereocenters. The number of hydrogen-bond acceptors (Lipinski definition) is 2. The Morgan fingerprint density at radius 1 is 0.586 bits per heavy atom. The van der Waals surface area contributed by atoms with E-state index < -0.39 is 0 Å². The average Bonchev–Trinajstić information content (AvgIpc) is 3.75. The van der Waals surface area contributed by atoms with Gasteiger partial charge in [-0.15, -0.1) is 0 Å². The molecule has 2 aliphatic carbocycles. The summed E-state index contributed by atoms with van der Waals surface area (Å²) in [7, 11) is 0. The van der Waals surface area contributed by atoms with E-state index in [1.807, 2.05) is 0 Å². The van der Waals surface area contributed by atoms with Gasteiger partial charge in [0.1, 0.15) is 0 Å². The Morgan fingerprint density at radius 2 is 1.31 bits per heavy atom. The molecule has 0 bridgehead atoms. The van der Waals surface area contributed by atoms with E-state index in [1.54, 1.807) is 5.56 Å². The van der Waals surface area contributed by atoms with Crippen molar-refractivity contribution in [2.24, 2.45) is 0 Å². The second-order valence-electron chi connectivity index (χ2n) is 20.7. The number of nitrogens with zero attached hydrogens (tertiary/aromatic N) is 3. The van der Waals surface area contributed by atoms with Crippen LogP contribution < -0.4 is 26.2 Å². The van der Waals surface area contributed by atoms with Gasteiger partial charge in [0.2, 0.25) is 0 Å². The number of aromatic nitrogens is 1. The molecule has 4 aliphatic heterocycles. The molecule has 6 aromatic carbocycles. The Hall–Kier alpha value is -5.22. The highest BCUT2D eigenvalue weighted by molar-refractivity contribution is 7.00. The molecule has 0 saturated heterocycles. The maximum absolute atomic E-state index is 2.93. The van der Waals surface area contributed by atoms with Gasteiger partial charge in [-0.1, -0.05) is 138 Å². The summed E-state index contributed by atoms with van der Waals surface area (Å²) in [6, 6.07) is 45.7. The average molecular weight is 754 g/mol. The summed E-state index contributed by atoms with van der Waals surface area (Å²) in [5.74, 6) is 0. The van der Waals surface area contributed by atoms with Gasteiger partial charge in [0.15, 0.2) is 0 Å². The highest BCUT2D eigenvalue weighted by atomic mass is 15.3. The monoisotopic (exact) mass is 753 g/mol. The molecule has 1 saturated carbocycles. The van der Waals surface area contributed by atoms with E-state index in [2.05, 4.69) is 178 Å². The Morgan fingerprint density at radius 3 is 2.16 bits per heavy atom. The van der Waals surface area contributed by atoms with Crippen LogP contribution in [0.2, 0.25) is 0 Å². The minimum absolute atomic E-state index is 0.0322.